The van der Waals surface area contributed by atoms with Crippen LogP contribution in [0.1, 0.15) is 24.5 Å². The second kappa shape index (κ2) is 5.44. The Balaban J connectivity index is 1.29. The Kier molecular flexibility index (Phi) is 3.22. The summed E-state index contributed by atoms with van der Waals surface area (Å²) in [7, 11) is 2.21. The fraction of sp³-hybridized carbons (Fsp3) is 0.588. The number of likely N-dealkylation sites (tertiary alicyclic amines) is 1. The number of hydrogen-bond acceptors (Lipinski definition) is 6. The molecule has 2 saturated heterocycles. The third-order valence-electron chi connectivity index (χ3n) is 5.47. The minimum Gasteiger partial charge on any atom is -0.340 e. The molecule has 4 heterocycles. The fourth-order valence-electron chi connectivity index (χ4n) is 4.10. The first-order chi connectivity index (χ1) is 11.7. The molecule has 0 spiro atoms. The maximum absolute atomic E-state index is 4.70. The molecule has 126 valence electrons. The summed E-state index contributed by atoms with van der Waals surface area (Å²) in [6.07, 6.45) is 4.37. The molecule has 0 unspecified atom stereocenters. The van der Waals surface area contributed by atoms with Crippen molar-refractivity contribution in [3.05, 3.63) is 24.0 Å². The van der Waals surface area contributed by atoms with Crippen LogP contribution in [0.4, 0.5) is 17.6 Å². The van der Waals surface area contributed by atoms with Crippen molar-refractivity contribution in [3.63, 3.8) is 0 Å². The maximum atomic E-state index is 4.70. The summed E-state index contributed by atoms with van der Waals surface area (Å²) in [4.78, 5) is 13.9. The molecule has 0 aromatic carbocycles. The van der Waals surface area contributed by atoms with Gasteiger partial charge in [0.2, 0.25) is 5.95 Å². The van der Waals surface area contributed by atoms with Crippen molar-refractivity contribution in [3.8, 4) is 0 Å². The zero-order valence-electron chi connectivity index (χ0n) is 13.9. The topological polar surface area (TPSA) is 73.0 Å². The molecule has 2 N–H and O–H groups in total. The van der Waals surface area contributed by atoms with Crippen molar-refractivity contribution in [1.29, 1.82) is 0 Å². The van der Waals surface area contributed by atoms with Gasteiger partial charge >= 0.3 is 0 Å². The molecule has 0 bridgehead atoms. The molecule has 2 atom stereocenters. The molecule has 7 nitrogen and oxygen atoms in total. The van der Waals surface area contributed by atoms with Crippen molar-refractivity contribution in [1.82, 2.24) is 25.1 Å². The lowest BCUT2D eigenvalue weighted by atomic mass is 10.0. The van der Waals surface area contributed by atoms with E-state index in [1.807, 2.05) is 12.3 Å². The van der Waals surface area contributed by atoms with Crippen molar-refractivity contribution >= 4 is 17.6 Å². The van der Waals surface area contributed by atoms with Gasteiger partial charge < -0.3 is 15.1 Å². The summed E-state index contributed by atoms with van der Waals surface area (Å²) in [6, 6.07) is 4.00. The van der Waals surface area contributed by atoms with Gasteiger partial charge in [0.1, 0.15) is 5.82 Å². The number of anilines is 3. The minimum absolute atomic E-state index is 0.677. The maximum Gasteiger partial charge on any atom is 0.227 e. The van der Waals surface area contributed by atoms with Crippen molar-refractivity contribution < 1.29 is 0 Å². The largest absolute Gasteiger partial charge is 0.340 e. The predicted molar refractivity (Wildman–Crippen MR) is 92.6 cm³/mol. The van der Waals surface area contributed by atoms with Crippen LogP contribution in [0.25, 0.3) is 0 Å². The number of H-pyrrole nitrogens is 1. The van der Waals surface area contributed by atoms with Crippen LogP contribution >= 0.6 is 0 Å². The first-order valence-electron chi connectivity index (χ1n) is 8.83. The van der Waals surface area contributed by atoms with Crippen LogP contribution in [0, 0.1) is 11.8 Å². The van der Waals surface area contributed by atoms with Gasteiger partial charge in [-0.05, 0) is 37.8 Å². The van der Waals surface area contributed by atoms with Crippen LogP contribution in [-0.2, 0) is 0 Å². The van der Waals surface area contributed by atoms with E-state index in [-0.39, 0.29) is 0 Å². The van der Waals surface area contributed by atoms with E-state index in [2.05, 4.69) is 43.4 Å². The number of fused-ring (bicyclic) bond motifs is 1. The predicted octanol–water partition coefficient (Wildman–Crippen LogP) is 1.82. The van der Waals surface area contributed by atoms with Crippen LogP contribution in [0.5, 0.6) is 0 Å². The van der Waals surface area contributed by atoms with Gasteiger partial charge in [0, 0.05) is 50.1 Å². The summed E-state index contributed by atoms with van der Waals surface area (Å²) in [5.41, 5.74) is 1.23. The van der Waals surface area contributed by atoms with E-state index in [9.17, 15) is 0 Å². The summed E-state index contributed by atoms with van der Waals surface area (Å²) in [5.74, 6) is 4.65. The third-order valence-corrected chi connectivity index (χ3v) is 5.47. The number of aromatic amines is 1. The highest BCUT2D eigenvalue weighted by atomic mass is 15.3. The molecule has 2 aromatic heterocycles. The average Bonchev–Trinajstić information content (AvgIpc) is 3.03. The van der Waals surface area contributed by atoms with Crippen LogP contribution in [-0.4, -0.2) is 58.3 Å². The number of hydrogen-bond donors (Lipinski definition) is 2. The number of aromatic nitrogens is 4. The van der Waals surface area contributed by atoms with Crippen LogP contribution in [0.15, 0.2) is 18.3 Å². The molecule has 3 fully saturated rings. The monoisotopic (exact) mass is 325 g/mol. The van der Waals surface area contributed by atoms with Gasteiger partial charge in [0.05, 0.1) is 0 Å². The highest BCUT2D eigenvalue weighted by Gasteiger charge is 2.39. The SMILES string of the molecule is CN1C[C@@H]2CN(c3nccc(Nc4cc(C5CC5)[nH]n4)n3)C[C@@H]2C1. The average molecular weight is 325 g/mol. The summed E-state index contributed by atoms with van der Waals surface area (Å²) in [5, 5.41) is 10.8. The lowest BCUT2D eigenvalue weighted by Gasteiger charge is -2.19. The van der Waals surface area contributed by atoms with E-state index in [0.29, 0.717) is 5.92 Å². The summed E-state index contributed by atoms with van der Waals surface area (Å²) >= 11 is 0. The zero-order valence-corrected chi connectivity index (χ0v) is 13.9. The van der Waals surface area contributed by atoms with Crippen molar-refractivity contribution in [2.75, 3.05) is 43.4 Å². The first-order valence-corrected chi connectivity index (χ1v) is 8.83. The van der Waals surface area contributed by atoms with E-state index in [0.717, 1.165) is 42.5 Å². The van der Waals surface area contributed by atoms with Gasteiger partial charge in [0.25, 0.3) is 0 Å². The Morgan fingerprint density at radius 2 is 1.92 bits per heavy atom. The summed E-state index contributed by atoms with van der Waals surface area (Å²) in [6.45, 7) is 4.51. The smallest absolute Gasteiger partial charge is 0.227 e. The van der Waals surface area contributed by atoms with E-state index in [1.54, 1.807) is 0 Å². The van der Waals surface area contributed by atoms with Crippen LogP contribution < -0.4 is 10.2 Å². The third kappa shape index (κ3) is 2.62. The van der Waals surface area contributed by atoms with E-state index in [4.69, 9.17) is 4.98 Å². The second-order valence-corrected chi connectivity index (χ2v) is 7.50. The first kappa shape index (κ1) is 14.2. The molecule has 1 saturated carbocycles. The van der Waals surface area contributed by atoms with Crippen LogP contribution in [0.3, 0.4) is 0 Å². The molecular weight excluding hydrogens is 302 g/mol. The van der Waals surface area contributed by atoms with E-state index < -0.39 is 0 Å². The molecule has 1 aliphatic carbocycles. The summed E-state index contributed by atoms with van der Waals surface area (Å²) < 4.78 is 0. The number of nitrogens with one attached hydrogen (secondary N) is 2. The highest BCUT2D eigenvalue weighted by molar-refractivity contribution is 5.54. The van der Waals surface area contributed by atoms with Gasteiger partial charge in [0.15, 0.2) is 5.82 Å². The van der Waals surface area contributed by atoms with Gasteiger partial charge in [-0.15, -0.1) is 0 Å². The molecule has 24 heavy (non-hydrogen) atoms. The van der Waals surface area contributed by atoms with Gasteiger partial charge in [-0.2, -0.15) is 10.1 Å². The Morgan fingerprint density at radius 3 is 2.67 bits per heavy atom. The Morgan fingerprint density at radius 1 is 1.12 bits per heavy atom. The zero-order chi connectivity index (χ0) is 16.1. The second-order valence-electron chi connectivity index (χ2n) is 7.50. The molecule has 2 aliphatic heterocycles. The minimum atomic E-state index is 0.677. The molecule has 2 aromatic rings. The Labute approximate surface area is 141 Å². The lowest BCUT2D eigenvalue weighted by molar-refractivity contribution is 0.386. The standard InChI is InChI=1S/C17H23N7/c1-23-7-12-9-24(10-13(12)8-23)17-18-5-4-15(20-17)19-16-6-14(21-22-16)11-2-3-11/h4-6,11-13H,2-3,7-10H2,1H3,(H2,18,19,20,21,22)/t12-,13+. The van der Waals surface area contributed by atoms with E-state index >= 15 is 0 Å². The molecule has 5 rings (SSSR count). The Hall–Kier alpha value is -2.15. The Bertz CT molecular complexity index is 724. The van der Waals surface area contributed by atoms with Gasteiger partial charge in [-0.1, -0.05) is 0 Å². The molecule has 0 amide bonds. The normalized spacial score (nSPS) is 26.8. The van der Waals surface area contributed by atoms with Crippen molar-refractivity contribution in [2.45, 2.75) is 18.8 Å². The fourth-order valence-corrected chi connectivity index (χ4v) is 4.10. The molecule has 7 heteroatoms. The van der Waals surface area contributed by atoms with Gasteiger partial charge in [-0.25, -0.2) is 4.98 Å². The quantitative estimate of drug-likeness (QED) is 0.893. The lowest BCUT2D eigenvalue weighted by Crippen LogP contribution is -2.28. The number of rotatable bonds is 4. The van der Waals surface area contributed by atoms with Crippen molar-refractivity contribution in [2.24, 2.45) is 11.8 Å². The molecule has 0 radical (unpaired) electrons. The van der Waals surface area contributed by atoms with E-state index in [1.165, 1.54) is 31.6 Å². The molecular formula is C17H23N7. The van der Waals surface area contributed by atoms with Crippen LogP contribution in [0.2, 0.25) is 0 Å². The number of nitrogens with zero attached hydrogens (tertiary/aromatic N) is 5. The molecule has 3 aliphatic rings. The van der Waals surface area contributed by atoms with Gasteiger partial charge in [-0.3, -0.25) is 5.10 Å². The highest BCUT2D eigenvalue weighted by Crippen LogP contribution is 2.39.